The quantitative estimate of drug-likeness (QED) is 0.325. The second kappa shape index (κ2) is 12.4. The molecule has 7 nitrogen and oxygen atoms in total. The van der Waals surface area contributed by atoms with Crippen LogP contribution in [0.5, 0.6) is 0 Å². The van der Waals surface area contributed by atoms with Crippen molar-refractivity contribution in [2.24, 2.45) is 11.7 Å². The first-order valence-electron chi connectivity index (χ1n) is 7.56. The van der Waals surface area contributed by atoms with E-state index in [-0.39, 0.29) is 45.6 Å². The molecule has 134 valence electrons. The summed E-state index contributed by atoms with van der Waals surface area (Å²) in [4.78, 5) is 34.3. The highest BCUT2D eigenvalue weighted by Gasteiger charge is 2.15. The van der Waals surface area contributed by atoms with E-state index in [4.69, 9.17) is 16.9 Å². The van der Waals surface area contributed by atoms with E-state index < -0.39 is 0 Å². The molecule has 0 bridgehead atoms. The average Bonchev–Trinajstić information content (AvgIpc) is 2.44. The van der Waals surface area contributed by atoms with Gasteiger partial charge in [-0.05, 0) is 32.1 Å². The number of hydrogen-bond acceptors (Lipinski definition) is 5. The fourth-order valence-corrected chi connectivity index (χ4v) is 2.51. The molecule has 0 heterocycles. The molecule has 9 heteroatoms. The van der Waals surface area contributed by atoms with Crippen LogP contribution in [0.25, 0.3) is 0 Å². The molecule has 0 aliphatic heterocycles. The molecule has 0 saturated carbocycles. The number of primary amides is 1. The molecule has 0 spiro atoms. The Kier molecular flexibility index (Phi) is 11.8. The maximum absolute atomic E-state index is 11.7. The summed E-state index contributed by atoms with van der Waals surface area (Å²) in [7, 11) is 1.55. The van der Waals surface area contributed by atoms with Gasteiger partial charge in [-0.1, -0.05) is 18.1 Å². The number of rotatable bonds is 12. The molecular formula is C14H28N4O3S2. The summed E-state index contributed by atoms with van der Waals surface area (Å²) in [6, 6.07) is -0.355. The number of likely N-dealkylation sites (N-methyl/N-ethyl adjacent to an activating group) is 1. The van der Waals surface area contributed by atoms with E-state index in [1.54, 1.807) is 7.05 Å². The molecule has 0 aliphatic rings. The summed E-state index contributed by atoms with van der Waals surface area (Å²) < 4.78 is 0. The van der Waals surface area contributed by atoms with Crippen molar-refractivity contribution in [2.75, 3.05) is 32.1 Å². The summed E-state index contributed by atoms with van der Waals surface area (Å²) in [6.45, 7) is 2.94. The smallest absolute Gasteiger partial charge is 0.234 e. The molecule has 0 saturated heterocycles. The number of hydrogen-bond donors (Lipinski definition) is 4. The van der Waals surface area contributed by atoms with Gasteiger partial charge in [-0.15, -0.1) is 9.45 Å². The van der Waals surface area contributed by atoms with Crippen LogP contribution in [0.2, 0.25) is 0 Å². The van der Waals surface area contributed by atoms with Crippen LogP contribution in [0, 0.1) is 5.92 Å². The van der Waals surface area contributed by atoms with Crippen LogP contribution in [0.15, 0.2) is 0 Å². The van der Waals surface area contributed by atoms with Gasteiger partial charge in [0.2, 0.25) is 17.7 Å². The molecule has 0 fully saturated rings. The van der Waals surface area contributed by atoms with Gasteiger partial charge in [-0.3, -0.25) is 14.4 Å². The van der Waals surface area contributed by atoms with Crippen LogP contribution in [-0.4, -0.2) is 55.9 Å². The molecule has 3 atom stereocenters. The zero-order valence-electron chi connectivity index (χ0n) is 14.0. The molecule has 0 rings (SSSR count). The molecule has 0 aromatic carbocycles. The third-order valence-electron chi connectivity index (χ3n) is 3.32. The predicted octanol–water partition coefficient (Wildman–Crippen LogP) is -1.19. The number of carbonyl (C=O) groups excluding carboxylic acids is 3. The fourth-order valence-electron chi connectivity index (χ4n) is 1.88. The Bertz CT molecular complexity index is 432. The van der Waals surface area contributed by atoms with Crippen molar-refractivity contribution in [3.05, 3.63) is 0 Å². The first kappa shape index (κ1) is 21.9. The largest absolute Gasteiger partial charge is 0.368 e. The minimum absolute atomic E-state index is 0.135. The van der Waals surface area contributed by atoms with Gasteiger partial charge in [0.15, 0.2) is 0 Å². The monoisotopic (exact) mass is 364 g/mol. The Hall–Kier alpha value is -1.06. The molecule has 5 N–H and O–H groups in total. The van der Waals surface area contributed by atoms with Gasteiger partial charge < -0.3 is 21.7 Å². The van der Waals surface area contributed by atoms with Crippen molar-refractivity contribution in [2.45, 2.75) is 32.2 Å². The highest BCUT2D eigenvalue weighted by atomic mass is 32.8. The van der Waals surface area contributed by atoms with E-state index >= 15 is 0 Å². The Morgan fingerprint density at radius 2 is 1.78 bits per heavy atom. The fraction of sp³-hybridized carbons (Fsp3) is 0.786. The van der Waals surface area contributed by atoms with Crippen LogP contribution in [0.4, 0.5) is 0 Å². The summed E-state index contributed by atoms with van der Waals surface area (Å²) in [6.07, 6.45) is 3.11. The van der Waals surface area contributed by atoms with Crippen molar-refractivity contribution in [1.82, 2.24) is 16.0 Å². The Morgan fingerprint density at radius 3 is 2.30 bits per heavy atom. The highest BCUT2D eigenvalue weighted by molar-refractivity contribution is 8.28. The molecule has 3 unspecified atom stereocenters. The van der Waals surface area contributed by atoms with Gasteiger partial charge in [0.05, 0.1) is 6.04 Å². The van der Waals surface area contributed by atoms with Crippen LogP contribution >= 0.6 is 0 Å². The van der Waals surface area contributed by atoms with Crippen LogP contribution in [0.3, 0.4) is 0 Å². The summed E-state index contributed by atoms with van der Waals surface area (Å²) in [5.74, 6) is -0.0385. The third kappa shape index (κ3) is 12.1. The lowest BCUT2D eigenvalue weighted by Crippen LogP contribution is -2.40. The lowest BCUT2D eigenvalue weighted by atomic mass is 10.0. The van der Waals surface area contributed by atoms with E-state index in [1.165, 1.54) is 0 Å². The van der Waals surface area contributed by atoms with Gasteiger partial charge >= 0.3 is 0 Å². The lowest BCUT2D eigenvalue weighted by Gasteiger charge is -2.16. The molecule has 0 aromatic rings. The summed E-state index contributed by atoms with van der Waals surface area (Å²) >= 11 is 5.02. The van der Waals surface area contributed by atoms with E-state index in [0.29, 0.717) is 19.5 Å². The molecule has 0 aromatic heterocycles. The SMILES string of the molecule is CNC(CCC(C)CNC(=O)CC(=O)NCCS(C)=S)C(N)=O. The molecule has 0 aliphatic carbocycles. The highest BCUT2D eigenvalue weighted by Crippen LogP contribution is 2.07. The zero-order chi connectivity index (χ0) is 17.8. The van der Waals surface area contributed by atoms with Crippen LogP contribution in [-0.2, 0) is 35.0 Å². The minimum Gasteiger partial charge on any atom is -0.368 e. The van der Waals surface area contributed by atoms with Crippen molar-refractivity contribution in [3.8, 4) is 0 Å². The van der Waals surface area contributed by atoms with E-state index in [0.717, 1.165) is 12.2 Å². The van der Waals surface area contributed by atoms with Gasteiger partial charge in [-0.25, -0.2) is 0 Å². The second-order valence-corrected chi connectivity index (χ2v) is 8.80. The number of nitrogens with two attached hydrogens (primary N) is 1. The predicted molar refractivity (Wildman–Crippen MR) is 96.6 cm³/mol. The number of amides is 3. The maximum Gasteiger partial charge on any atom is 0.234 e. The van der Waals surface area contributed by atoms with Crippen molar-refractivity contribution < 1.29 is 14.4 Å². The molecule has 23 heavy (non-hydrogen) atoms. The van der Waals surface area contributed by atoms with Crippen molar-refractivity contribution in [3.63, 3.8) is 0 Å². The van der Waals surface area contributed by atoms with E-state index in [1.807, 2.05) is 13.2 Å². The van der Waals surface area contributed by atoms with Gasteiger partial charge in [-0.2, -0.15) is 0 Å². The number of carbonyl (C=O) groups is 3. The molecule has 0 radical (unpaired) electrons. The van der Waals surface area contributed by atoms with E-state index in [9.17, 15) is 14.4 Å². The number of nitrogens with one attached hydrogen (secondary N) is 3. The van der Waals surface area contributed by atoms with E-state index in [2.05, 4.69) is 16.0 Å². The van der Waals surface area contributed by atoms with Gasteiger partial charge in [0, 0.05) is 18.8 Å². The van der Waals surface area contributed by atoms with Gasteiger partial charge in [0.1, 0.15) is 6.42 Å². The minimum atomic E-state index is -0.380. The second-order valence-electron chi connectivity index (χ2n) is 5.53. The third-order valence-corrected chi connectivity index (χ3v) is 4.60. The van der Waals surface area contributed by atoms with Crippen molar-refractivity contribution >= 4 is 38.4 Å². The normalized spacial score (nSPS) is 14.6. The van der Waals surface area contributed by atoms with Crippen molar-refractivity contribution in [1.29, 1.82) is 0 Å². The average molecular weight is 365 g/mol. The summed E-state index contributed by atoms with van der Waals surface area (Å²) in [5.41, 5.74) is 5.25. The van der Waals surface area contributed by atoms with Crippen LogP contribution < -0.4 is 21.7 Å². The summed E-state index contributed by atoms with van der Waals surface area (Å²) in [5, 5.41) is 8.26. The van der Waals surface area contributed by atoms with Crippen LogP contribution in [0.1, 0.15) is 26.2 Å². The molecular weight excluding hydrogens is 336 g/mol. The zero-order valence-corrected chi connectivity index (χ0v) is 15.6. The Morgan fingerprint density at radius 1 is 1.17 bits per heavy atom. The Balaban J connectivity index is 3.88. The molecule has 3 amide bonds. The van der Waals surface area contributed by atoms with Gasteiger partial charge in [0.25, 0.3) is 0 Å². The maximum atomic E-state index is 11.7. The Labute approximate surface area is 145 Å². The first-order chi connectivity index (χ1) is 10.8. The topological polar surface area (TPSA) is 113 Å². The standard InChI is InChI=1S/C14H28N4O3S2/c1-10(4-5-11(16-2)14(15)21)9-18-13(20)8-12(19)17-6-7-23(3)22/h10-11,16H,4-9H2,1-3H3,(H2,15,21)(H,17,19)(H,18,20). The first-order valence-corrected chi connectivity index (χ1v) is 10.3. The lowest BCUT2D eigenvalue weighted by molar-refractivity contribution is -0.129.